The molecule has 0 amide bonds. The van der Waals surface area contributed by atoms with E-state index in [0.29, 0.717) is 6.42 Å². The van der Waals surface area contributed by atoms with Gasteiger partial charge in [-0.15, -0.1) is 0 Å². The van der Waals surface area contributed by atoms with Crippen molar-refractivity contribution >= 4 is 5.78 Å². The molecule has 4 rings (SSSR count). The predicted octanol–water partition coefficient (Wildman–Crippen LogP) is 2.73. The molecule has 0 N–H and O–H groups in total. The standard InChI is InChI=1S/C19H20NO3/c1-22-18-10-12-8-9-20-15-4-3-5-17(21)13(15)6-7-16(20)14(12)11-19(18)23-2/h6-7,10-11H,3-5,8-9H2,1-2H3/q+1. The van der Waals surface area contributed by atoms with Gasteiger partial charge in [0.25, 0.3) is 0 Å². The van der Waals surface area contributed by atoms with Gasteiger partial charge in [0.15, 0.2) is 29.5 Å². The molecular weight excluding hydrogens is 290 g/mol. The fourth-order valence-corrected chi connectivity index (χ4v) is 3.80. The minimum absolute atomic E-state index is 0.277. The minimum atomic E-state index is 0.277. The predicted molar refractivity (Wildman–Crippen MR) is 86.1 cm³/mol. The maximum absolute atomic E-state index is 12.2. The summed E-state index contributed by atoms with van der Waals surface area (Å²) < 4.78 is 13.2. The second-order valence-corrected chi connectivity index (χ2v) is 6.12. The molecule has 0 saturated heterocycles. The number of rotatable bonds is 2. The van der Waals surface area contributed by atoms with E-state index in [9.17, 15) is 4.79 Å². The van der Waals surface area contributed by atoms with Crippen LogP contribution in [-0.2, 0) is 19.4 Å². The molecule has 2 aromatic rings. The Hall–Kier alpha value is -2.36. The Balaban J connectivity index is 1.92. The van der Waals surface area contributed by atoms with Crippen LogP contribution in [0.5, 0.6) is 11.5 Å². The van der Waals surface area contributed by atoms with E-state index in [2.05, 4.69) is 22.8 Å². The van der Waals surface area contributed by atoms with E-state index >= 15 is 0 Å². The Labute approximate surface area is 135 Å². The quantitative estimate of drug-likeness (QED) is 0.801. The van der Waals surface area contributed by atoms with Crippen molar-refractivity contribution < 1.29 is 18.8 Å². The van der Waals surface area contributed by atoms with Crippen LogP contribution in [0.2, 0.25) is 0 Å². The zero-order valence-electron chi connectivity index (χ0n) is 13.5. The molecule has 23 heavy (non-hydrogen) atoms. The number of carbonyl (C=O) groups is 1. The molecule has 1 aromatic heterocycles. The monoisotopic (exact) mass is 310 g/mol. The molecule has 1 aromatic carbocycles. The normalized spacial score (nSPS) is 15.5. The minimum Gasteiger partial charge on any atom is -0.493 e. The Morgan fingerprint density at radius 2 is 1.74 bits per heavy atom. The van der Waals surface area contributed by atoms with Crippen molar-refractivity contribution in [3.63, 3.8) is 0 Å². The van der Waals surface area contributed by atoms with Crippen LogP contribution in [0.25, 0.3) is 11.3 Å². The average molecular weight is 310 g/mol. The molecule has 1 aliphatic heterocycles. The molecule has 4 heteroatoms. The number of aromatic nitrogens is 1. The number of pyridine rings is 1. The van der Waals surface area contributed by atoms with Crippen molar-refractivity contribution in [1.82, 2.24) is 0 Å². The number of ether oxygens (including phenoxy) is 2. The fourth-order valence-electron chi connectivity index (χ4n) is 3.80. The highest BCUT2D eigenvalue weighted by Crippen LogP contribution is 2.37. The molecule has 0 unspecified atom stereocenters. The van der Waals surface area contributed by atoms with Gasteiger partial charge < -0.3 is 9.47 Å². The van der Waals surface area contributed by atoms with Crippen LogP contribution >= 0.6 is 0 Å². The van der Waals surface area contributed by atoms with E-state index < -0.39 is 0 Å². The molecule has 0 fully saturated rings. The van der Waals surface area contributed by atoms with Crippen LogP contribution in [0.15, 0.2) is 24.3 Å². The zero-order valence-corrected chi connectivity index (χ0v) is 13.5. The molecule has 4 nitrogen and oxygen atoms in total. The Kier molecular flexibility index (Phi) is 3.33. The summed E-state index contributed by atoms with van der Waals surface area (Å²) in [5.74, 6) is 1.79. The smallest absolute Gasteiger partial charge is 0.213 e. The van der Waals surface area contributed by atoms with Crippen LogP contribution in [0.3, 0.4) is 0 Å². The maximum Gasteiger partial charge on any atom is 0.213 e. The summed E-state index contributed by atoms with van der Waals surface area (Å²) in [4.78, 5) is 12.2. The molecule has 1 aliphatic carbocycles. The van der Waals surface area contributed by atoms with Gasteiger partial charge in [0.2, 0.25) is 5.69 Å². The molecule has 0 atom stereocenters. The molecule has 2 heterocycles. The third-order valence-corrected chi connectivity index (χ3v) is 4.94. The third-order valence-electron chi connectivity index (χ3n) is 4.94. The lowest BCUT2D eigenvalue weighted by atomic mass is 9.90. The number of hydrogen-bond acceptors (Lipinski definition) is 3. The first-order valence-electron chi connectivity index (χ1n) is 8.07. The van der Waals surface area contributed by atoms with E-state index in [4.69, 9.17) is 9.47 Å². The van der Waals surface area contributed by atoms with Crippen molar-refractivity contribution in [1.29, 1.82) is 0 Å². The van der Waals surface area contributed by atoms with E-state index in [1.165, 1.54) is 22.5 Å². The van der Waals surface area contributed by atoms with Crippen LogP contribution in [0, 0.1) is 0 Å². The first-order valence-corrected chi connectivity index (χ1v) is 8.07. The summed E-state index contributed by atoms with van der Waals surface area (Å²) in [6.45, 7) is 0.911. The van der Waals surface area contributed by atoms with Gasteiger partial charge in [0.05, 0.1) is 25.3 Å². The van der Waals surface area contributed by atoms with Crippen LogP contribution in [0.4, 0.5) is 0 Å². The van der Waals surface area contributed by atoms with Crippen LogP contribution < -0.4 is 14.0 Å². The van der Waals surface area contributed by atoms with Gasteiger partial charge >= 0.3 is 0 Å². The summed E-state index contributed by atoms with van der Waals surface area (Å²) in [7, 11) is 3.32. The first kappa shape index (κ1) is 14.2. The number of carbonyl (C=O) groups excluding carboxylic acids is 1. The fraction of sp³-hybridized carbons (Fsp3) is 0.368. The number of aryl methyl sites for hydroxylation is 1. The van der Waals surface area contributed by atoms with Gasteiger partial charge in [0, 0.05) is 25.3 Å². The van der Waals surface area contributed by atoms with E-state index in [1.54, 1.807) is 14.2 Å². The largest absolute Gasteiger partial charge is 0.493 e. The van der Waals surface area contributed by atoms with Crippen LogP contribution in [0.1, 0.15) is 34.5 Å². The zero-order chi connectivity index (χ0) is 16.0. The molecule has 0 radical (unpaired) electrons. The lowest BCUT2D eigenvalue weighted by molar-refractivity contribution is -0.695. The van der Waals surface area contributed by atoms with Crippen molar-refractivity contribution in [2.45, 2.75) is 32.2 Å². The van der Waals surface area contributed by atoms with E-state index in [-0.39, 0.29) is 5.78 Å². The molecule has 0 saturated carbocycles. The lowest BCUT2D eigenvalue weighted by Gasteiger charge is -2.21. The second-order valence-electron chi connectivity index (χ2n) is 6.12. The van der Waals surface area contributed by atoms with E-state index in [0.717, 1.165) is 42.9 Å². The van der Waals surface area contributed by atoms with Crippen molar-refractivity contribution in [3.8, 4) is 22.8 Å². The number of ketones is 1. The lowest BCUT2D eigenvalue weighted by Crippen LogP contribution is -2.46. The van der Waals surface area contributed by atoms with Gasteiger partial charge in [0.1, 0.15) is 0 Å². The summed E-state index contributed by atoms with van der Waals surface area (Å²) >= 11 is 0. The summed E-state index contributed by atoms with van der Waals surface area (Å²) in [6, 6.07) is 8.19. The number of Topliss-reactive ketones (excluding diaryl/α,β-unsaturated/α-hetero) is 1. The van der Waals surface area contributed by atoms with Crippen LogP contribution in [-0.4, -0.2) is 20.0 Å². The Morgan fingerprint density at radius 1 is 0.957 bits per heavy atom. The second kappa shape index (κ2) is 5.37. The Bertz CT molecular complexity index is 811. The summed E-state index contributed by atoms with van der Waals surface area (Å²) in [5, 5.41) is 0. The van der Waals surface area contributed by atoms with Gasteiger partial charge in [-0.05, 0) is 30.2 Å². The maximum atomic E-state index is 12.2. The van der Waals surface area contributed by atoms with Gasteiger partial charge in [-0.1, -0.05) is 0 Å². The third kappa shape index (κ3) is 2.12. The highest BCUT2D eigenvalue weighted by molar-refractivity contribution is 5.97. The van der Waals surface area contributed by atoms with E-state index in [1.807, 2.05) is 6.07 Å². The molecule has 2 aliphatic rings. The average Bonchev–Trinajstić information content (AvgIpc) is 2.60. The number of fused-ring (bicyclic) bond motifs is 5. The molecule has 118 valence electrons. The van der Waals surface area contributed by atoms with Crippen molar-refractivity contribution in [2.24, 2.45) is 0 Å². The summed E-state index contributed by atoms with van der Waals surface area (Å²) in [5.41, 5.74) is 5.71. The molecular formula is C19H20NO3+. The molecule has 0 bridgehead atoms. The number of hydrogen-bond donors (Lipinski definition) is 0. The Morgan fingerprint density at radius 3 is 2.52 bits per heavy atom. The van der Waals surface area contributed by atoms with Crippen molar-refractivity contribution in [3.05, 3.63) is 41.1 Å². The number of benzene rings is 1. The first-order chi connectivity index (χ1) is 11.2. The SMILES string of the molecule is COc1cc2c(cc1OC)-c1ccc3c([n+]1CC2)CCCC3=O. The van der Waals surface area contributed by atoms with Gasteiger partial charge in [-0.3, -0.25) is 4.79 Å². The highest BCUT2D eigenvalue weighted by Gasteiger charge is 2.32. The topological polar surface area (TPSA) is 39.4 Å². The van der Waals surface area contributed by atoms with Gasteiger partial charge in [-0.25, -0.2) is 0 Å². The molecule has 0 spiro atoms. The number of nitrogens with zero attached hydrogens (tertiary/aromatic N) is 1. The summed E-state index contributed by atoms with van der Waals surface area (Å²) in [6.07, 6.45) is 3.55. The highest BCUT2D eigenvalue weighted by atomic mass is 16.5. The number of methoxy groups -OCH3 is 2. The van der Waals surface area contributed by atoms with Crippen molar-refractivity contribution in [2.75, 3.05) is 14.2 Å². The van der Waals surface area contributed by atoms with Gasteiger partial charge in [-0.2, -0.15) is 4.57 Å².